The third kappa shape index (κ3) is 3.85. The number of ether oxygens (including phenoxy) is 1. The highest BCUT2D eigenvalue weighted by Gasteiger charge is 2.34. The van der Waals surface area contributed by atoms with Crippen molar-refractivity contribution in [3.63, 3.8) is 0 Å². The average molecular weight is 501 g/mol. The number of para-hydroxylation sites is 1. The van der Waals surface area contributed by atoms with Crippen molar-refractivity contribution in [1.29, 1.82) is 0 Å². The van der Waals surface area contributed by atoms with Crippen molar-refractivity contribution in [2.24, 2.45) is 0 Å². The van der Waals surface area contributed by atoms with E-state index < -0.39 is 16.0 Å². The first-order valence-electron chi connectivity index (χ1n) is 11.4. The van der Waals surface area contributed by atoms with Gasteiger partial charge in [0.2, 0.25) is 0 Å². The normalized spacial score (nSPS) is 11.6. The third-order valence-electron chi connectivity index (χ3n) is 6.02. The van der Waals surface area contributed by atoms with Crippen LogP contribution in [0, 0.1) is 6.92 Å². The zero-order valence-electron chi connectivity index (χ0n) is 19.7. The van der Waals surface area contributed by atoms with E-state index in [9.17, 15) is 18.3 Å². The van der Waals surface area contributed by atoms with Gasteiger partial charge in [0.1, 0.15) is 5.75 Å². The van der Waals surface area contributed by atoms with Crippen LogP contribution in [0.25, 0.3) is 21.7 Å². The van der Waals surface area contributed by atoms with Crippen LogP contribution in [0.3, 0.4) is 0 Å². The fraction of sp³-hybridized carbons (Fsp3) is 0.107. The van der Waals surface area contributed by atoms with E-state index in [-0.39, 0.29) is 28.6 Å². The van der Waals surface area contributed by atoms with Crippen LogP contribution in [0.2, 0.25) is 0 Å². The van der Waals surface area contributed by atoms with Gasteiger partial charge >= 0.3 is 5.97 Å². The number of phenolic OH excluding ortho intramolecular Hbond substituents is 1. The number of anilines is 2. The number of rotatable bonds is 6. The summed E-state index contributed by atoms with van der Waals surface area (Å²) < 4.78 is 35.2. The van der Waals surface area contributed by atoms with Gasteiger partial charge in [0, 0.05) is 21.7 Å². The number of H-pyrrole nitrogens is 1. The van der Waals surface area contributed by atoms with Crippen LogP contribution in [0.1, 0.15) is 23.0 Å². The molecule has 0 unspecified atom stereocenters. The summed E-state index contributed by atoms with van der Waals surface area (Å²) in [6, 6.07) is 23.6. The highest BCUT2D eigenvalue weighted by Crippen LogP contribution is 2.44. The summed E-state index contributed by atoms with van der Waals surface area (Å²) in [6.45, 7) is 3.69. The third-order valence-corrected chi connectivity index (χ3v) is 7.75. The first-order chi connectivity index (χ1) is 17.3. The molecule has 1 heterocycles. The molecule has 0 saturated heterocycles. The summed E-state index contributed by atoms with van der Waals surface area (Å²) in [5.41, 5.74) is 1.96. The molecule has 0 aliphatic carbocycles. The Morgan fingerprint density at radius 2 is 1.53 bits per heavy atom. The van der Waals surface area contributed by atoms with Crippen LogP contribution in [0.5, 0.6) is 5.75 Å². The molecule has 2 N–H and O–H groups in total. The summed E-state index contributed by atoms with van der Waals surface area (Å²) >= 11 is 0. The number of hydrogen-bond donors (Lipinski definition) is 2. The van der Waals surface area contributed by atoms with E-state index in [1.807, 2.05) is 6.92 Å². The smallest absolute Gasteiger partial charge is 0.356 e. The maximum atomic E-state index is 14.3. The minimum absolute atomic E-state index is 0.0193. The molecule has 0 fully saturated rings. The molecule has 8 heteroatoms. The number of benzene rings is 4. The molecule has 7 nitrogen and oxygen atoms in total. The summed E-state index contributed by atoms with van der Waals surface area (Å²) in [4.78, 5) is 16.2. The van der Waals surface area contributed by atoms with Crippen LogP contribution in [0.15, 0.2) is 89.8 Å². The molecule has 182 valence electrons. The van der Waals surface area contributed by atoms with Crippen molar-refractivity contribution in [3.8, 4) is 5.75 Å². The molecule has 0 aliphatic heterocycles. The number of aryl methyl sites for hydroxylation is 1. The number of carbonyl (C=O) groups excluding carboxylic acids is 1. The molecular formula is C28H24N2O5S. The van der Waals surface area contributed by atoms with E-state index >= 15 is 0 Å². The Balaban J connectivity index is 1.91. The average Bonchev–Trinajstić information content (AvgIpc) is 3.25. The Morgan fingerprint density at radius 3 is 2.22 bits per heavy atom. The minimum atomic E-state index is -4.24. The first kappa shape index (κ1) is 23.4. The number of phenols is 1. The SMILES string of the molecule is CCOC(=O)c1[nH]c2ccccc2c1N(c1ccc(O)c2ccccc12)S(=O)(=O)c1ccc(C)cc1. The van der Waals surface area contributed by atoms with E-state index in [4.69, 9.17) is 4.74 Å². The lowest BCUT2D eigenvalue weighted by atomic mass is 10.1. The Labute approximate surface area is 208 Å². The molecule has 0 saturated carbocycles. The van der Waals surface area contributed by atoms with Gasteiger partial charge in [-0.15, -0.1) is 0 Å². The number of nitrogens with zero attached hydrogens (tertiary/aromatic N) is 1. The second-order valence-electron chi connectivity index (χ2n) is 8.35. The van der Waals surface area contributed by atoms with Crippen molar-refractivity contribution >= 4 is 49.0 Å². The van der Waals surface area contributed by atoms with E-state index in [0.29, 0.717) is 27.4 Å². The second kappa shape index (κ2) is 9.05. The predicted octanol–water partition coefficient (Wildman–Crippen LogP) is 6.04. The van der Waals surface area contributed by atoms with Gasteiger partial charge in [0.05, 0.1) is 22.9 Å². The number of hydrogen-bond acceptors (Lipinski definition) is 5. The quantitative estimate of drug-likeness (QED) is 0.277. The molecule has 5 aromatic rings. The molecule has 1 aromatic heterocycles. The van der Waals surface area contributed by atoms with E-state index in [1.54, 1.807) is 85.8 Å². The lowest BCUT2D eigenvalue weighted by molar-refractivity contribution is 0.0521. The van der Waals surface area contributed by atoms with E-state index in [0.717, 1.165) is 5.56 Å². The van der Waals surface area contributed by atoms with Crippen LogP contribution in [-0.2, 0) is 14.8 Å². The van der Waals surface area contributed by atoms with Gasteiger partial charge in [-0.3, -0.25) is 0 Å². The van der Waals surface area contributed by atoms with Crippen LogP contribution < -0.4 is 4.31 Å². The monoisotopic (exact) mass is 500 g/mol. The van der Waals surface area contributed by atoms with Gasteiger partial charge in [-0.2, -0.15) is 0 Å². The summed E-state index contributed by atoms with van der Waals surface area (Å²) in [5.74, 6) is -0.650. The molecule has 0 spiro atoms. The lowest BCUT2D eigenvalue weighted by Crippen LogP contribution is -2.28. The van der Waals surface area contributed by atoms with Gasteiger partial charge in [-0.1, -0.05) is 60.2 Å². The zero-order valence-corrected chi connectivity index (χ0v) is 20.5. The predicted molar refractivity (Wildman–Crippen MR) is 140 cm³/mol. The number of fused-ring (bicyclic) bond motifs is 2. The number of carbonyl (C=O) groups is 1. The standard InChI is InChI=1S/C28H24N2O5S/c1-3-35-28(32)26-27(22-10-6-7-11-23(22)29-26)30(36(33,34)19-14-12-18(2)13-15-19)24-16-17-25(31)21-9-5-4-8-20(21)24/h4-17,29,31H,3H2,1-2H3. The molecule has 0 aliphatic rings. The fourth-order valence-corrected chi connectivity index (χ4v) is 5.86. The molecule has 0 amide bonds. The molecular weight excluding hydrogens is 476 g/mol. The molecule has 5 rings (SSSR count). The Morgan fingerprint density at radius 1 is 0.889 bits per heavy atom. The van der Waals surface area contributed by atoms with Crippen molar-refractivity contribution in [2.45, 2.75) is 18.7 Å². The molecule has 0 radical (unpaired) electrons. The summed E-state index contributed by atoms with van der Waals surface area (Å²) in [5, 5.41) is 12.0. The second-order valence-corrected chi connectivity index (χ2v) is 10.1. The maximum absolute atomic E-state index is 14.3. The highest BCUT2D eigenvalue weighted by molar-refractivity contribution is 7.93. The number of aromatic amines is 1. The van der Waals surface area contributed by atoms with Crippen LogP contribution in [-0.4, -0.2) is 31.1 Å². The van der Waals surface area contributed by atoms with E-state index in [1.165, 1.54) is 10.4 Å². The molecule has 36 heavy (non-hydrogen) atoms. The van der Waals surface area contributed by atoms with Gasteiger partial charge in [-0.05, 0) is 44.2 Å². The minimum Gasteiger partial charge on any atom is -0.507 e. The van der Waals surface area contributed by atoms with Crippen molar-refractivity contribution < 1.29 is 23.1 Å². The van der Waals surface area contributed by atoms with Gasteiger partial charge < -0.3 is 14.8 Å². The number of aromatic hydroxyl groups is 1. The van der Waals surface area contributed by atoms with Crippen LogP contribution >= 0.6 is 0 Å². The van der Waals surface area contributed by atoms with Crippen molar-refractivity contribution in [3.05, 3.63) is 96.2 Å². The molecule has 0 bridgehead atoms. The summed E-state index contributed by atoms with van der Waals surface area (Å²) in [7, 11) is -4.24. The molecule has 4 aromatic carbocycles. The Hall–Kier alpha value is -4.30. The lowest BCUT2D eigenvalue weighted by Gasteiger charge is -2.26. The largest absolute Gasteiger partial charge is 0.507 e. The Bertz CT molecular complexity index is 1710. The number of aromatic nitrogens is 1. The van der Waals surface area contributed by atoms with Crippen molar-refractivity contribution in [2.75, 3.05) is 10.9 Å². The highest BCUT2D eigenvalue weighted by atomic mass is 32.2. The Kier molecular flexibility index (Phi) is 5.89. The van der Waals surface area contributed by atoms with E-state index in [2.05, 4.69) is 4.98 Å². The number of sulfonamides is 1. The maximum Gasteiger partial charge on any atom is 0.356 e. The number of esters is 1. The van der Waals surface area contributed by atoms with Gasteiger partial charge in [0.15, 0.2) is 5.69 Å². The fourth-order valence-electron chi connectivity index (χ4n) is 4.32. The molecule has 0 atom stereocenters. The zero-order chi connectivity index (χ0) is 25.4. The number of nitrogens with one attached hydrogen (secondary N) is 1. The first-order valence-corrected chi connectivity index (χ1v) is 12.9. The van der Waals surface area contributed by atoms with Gasteiger partial charge in [0.25, 0.3) is 10.0 Å². The topological polar surface area (TPSA) is 99.7 Å². The van der Waals surface area contributed by atoms with Crippen molar-refractivity contribution in [1.82, 2.24) is 4.98 Å². The van der Waals surface area contributed by atoms with Gasteiger partial charge in [-0.25, -0.2) is 17.5 Å². The van der Waals surface area contributed by atoms with Crippen LogP contribution in [0.4, 0.5) is 11.4 Å². The summed E-state index contributed by atoms with van der Waals surface area (Å²) in [6.07, 6.45) is 0.